The van der Waals surface area contributed by atoms with Crippen molar-refractivity contribution in [1.29, 1.82) is 0 Å². The van der Waals surface area contributed by atoms with Crippen molar-refractivity contribution in [2.75, 3.05) is 12.8 Å². The van der Waals surface area contributed by atoms with Crippen molar-refractivity contribution in [3.63, 3.8) is 0 Å². The first-order valence-electron chi connectivity index (χ1n) is 6.24. The van der Waals surface area contributed by atoms with E-state index in [2.05, 4.69) is 27.6 Å². The average molecular weight is 382 g/mol. The van der Waals surface area contributed by atoms with Crippen molar-refractivity contribution in [2.45, 2.75) is 37.0 Å². The number of halogens is 1. The Labute approximate surface area is 133 Å². The Hall–Kier alpha value is -0.0800. The van der Waals surface area contributed by atoms with E-state index in [1.54, 1.807) is 24.8 Å². The molecule has 0 aliphatic rings. The standard InChI is InChI=1S/C13H20BrNO3S2/c1-9-6-11(8-16)7-12(13(9)14)20(17,18)15-5-4-10(2)19-3/h6-7,10,15-16H,4-5,8H2,1-3H3. The Morgan fingerprint density at radius 1 is 1.45 bits per heavy atom. The molecule has 0 saturated heterocycles. The summed E-state index contributed by atoms with van der Waals surface area (Å²) in [7, 11) is -3.57. The van der Waals surface area contributed by atoms with Crippen LogP contribution in [0.5, 0.6) is 0 Å². The minimum atomic E-state index is -3.57. The monoisotopic (exact) mass is 381 g/mol. The maximum absolute atomic E-state index is 12.3. The number of rotatable bonds is 7. The second-order valence-corrected chi connectivity index (χ2v) is 8.42. The fourth-order valence-electron chi connectivity index (χ4n) is 1.69. The van der Waals surface area contributed by atoms with Crippen LogP contribution in [0, 0.1) is 6.92 Å². The second-order valence-electron chi connectivity index (χ2n) is 4.62. The van der Waals surface area contributed by atoms with Crippen molar-refractivity contribution in [2.24, 2.45) is 0 Å². The van der Waals surface area contributed by atoms with Crippen LogP contribution in [0.4, 0.5) is 0 Å². The van der Waals surface area contributed by atoms with Gasteiger partial charge in [-0.15, -0.1) is 0 Å². The largest absolute Gasteiger partial charge is 0.392 e. The lowest BCUT2D eigenvalue weighted by Crippen LogP contribution is -2.27. The zero-order valence-corrected chi connectivity index (χ0v) is 15.0. The first kappa shape index (κ1) is 18.0. The maximum Gasteiger partial charge on any atom is 0.241 e. The third kappa shape index (κ3) is 4.73. The lowest BCUT2D eigenvalue weighted by atomic mass is 10.1. The van der Waals surface area contributed by atoms with E-state index in [-0.39, 0.29) is 11.5 Å². The molecule has 0 spiro atoms. The second kappa shape index (κ2) is 7.79. The molecule has 0 fully saturated rings. The molecular weight excluding hydrogens is 362 g/mol. The topological polar surface area (TPSA) is 66.4 Å². The fourth-order valence-corrected chi connectivity index (χ4v) is 4.16. The van der Waals surface area contributed by atoms with Crippen LogP contribution in [0.1, 0.15) is 24.5 Å². The zero-order valence-electron chi connectivity index (χ0n) is 11.8. The Kier molecular flexibility index (Phi) is 7.00. The van der Waals surface area contributed by atoms with Gasteiger partial charge in [0.1, 0.15) is 0 Å². The number of thioether (sulfide) groups is 1. The highest BCUT2D eigenvalue weighted by Gasteiger charge is 2.19. The van der Waals surface area contributed by atoms with Crippen LogP contribution in [0.2, 0.25) is 0 Å². The van der Waals surface area contributed by atoms with Gasteiger partial charge in [0.05, 0.1) is 11.5 Å². The first-order chi connectivity index (χ1) is 9.31. The molecule has 2 N–H and O–H groups in total. The summed E-state index contributed by atoms with van der Waals surface area (Å²) in [4.78, 5) is 0.179. The van der Waals surface area contributed by atoms with E-state index in [1.165, 1.54) is 6.07 Å². The molecule has 0 radical (unpaired) electrons. The molecule has 0 bridgehead atoms. The van der Waals surface area contributed by atoms with Crippen molar-refractivity contribution in [1.82, 2.24) is 4.72 Å². The summed E-state index contributed by atoms with van der Waals surface area (Å²) in [5, 5.41) is 9.60. The van der Waals surface area contributed by atoms with Crippen LogP contribution in [-0.4, -0.2) is 31.6 Å². The summed E-state index contributed by atoms with van der Waals surface area (Å²) in [5.74, 6) is 0. The van der Waals surface area contributed by atoms with Gasteiger partial charge in [-0.05, 0) is 52.7 Å². The summed E-state index contributed by atoms with van der Waals surface area (Å²) in [6.45, 7) is 4.09. The average Bonchev–Trinajstić information content (AvgIpc) is 2.40. The van der Waals surface area contributed by atoms with Crippen LogP contribution in [0.15, 0.2) is 21.5 Å². The summed E-state index contributed by atoms with van der Waals surface area (Å²) in [6.07, 6.45) is 2.78. The number of aryl methyl sites for hydroxylation is 1. The predicted molar refractivity (Wildman–Crippen MR) is 87.6 cm³/mol. The number of sulfonamides is 1. The molecule has 1 unspecified atom stereocenters. The number of nitrogens with one attached hydrogen (secondary N) is 1. The van der Waals surface area contributed by atoms with Crippen LogP contribution < -0.4 is 4.72 Å². The molecule has 1 rings (SSSR count). The molecule has 0 saturated carbocycles. The SMILES string of the molecule is CSC(C)CCNS(=O)(=O)c1cc(CO)cc(C)c1Br. The van der Waals surface area contributed by atoms with Crippen LogP contribution >= 0.6 is 27.7 Å². The lowest BCUT2D eigenvalue weighted by Gasteiger charge is -2.13. The Bertz CT molecular complexity index is 561. The number of aliphatic hydroxyl groups excluding tert-OH is 1. The van der Waals surface area contributed by atoms with Crippen LogP contribution in [0.25, 0.3) is 0 Å². The van der Waals surface area contributed by atoms with Gasteiger partial charge in [0.15, 0.2) is 0 Å². The molecule has 1 atom stereocenters. The van der Waals surface area contributed by atoms with E-state index in [9.17, 15) is 13.5 Å². The molecule has 114 valence electrons. The lowest BCUT2D eigenvalue weighted by molar-refractivity contribution is 0.281. The van der Waals surface area contributed by atoms with Gasteiger partial charge in [-0.2, -0.15) is 11.8 Å². The predicted octanol–water partition coefficient (Wildman–Crippen LogP) is 2.67. The van der Waals surface area contributed by atoms with E-state index < -0.39 is 10.0 Å². The summed E-state index contributed by atoms with van der Waals surface area (Å²) in [5.41, 5.74) is 1.37. The van der Waals surface area contributed by atoms with Gasteiger partial charge in [-0.25, -0.2) is 13.1 Å². The van der Waals surface area contributed by atoms with Crippen LogP contribution in [-0.2, 0) is 16.6 Å². The number of hydrogen-bond donors (Lipinski definition) is 2. The summed E-state index contributed by atoms with van der Waals surface area (Å²) >= 11 is 5.01. The molecular formula is C13H20BrNO3S2. The molecule has 0 aliphatic heterocycles. The molecule has 20 heavy (non-hydrogen) atoms. The quantitative estimate of drug-likeness (QED) is 0.761. The van der Waals surface area contributed by atoms with Gasteiger partial charge in [-0.3, -0.25) is 0 Å². The molecule has 0 heterocycles. The maximum atomic E-state index is 12.3. The molecule has 1 aromatic carbocycles. The zero-order chi connectivity index (χ0) is 15.3. The highest BCUT2D eigenvalue weighted by molar-refractivity contribution is 9.10. The number of aliphatic hydroxyl groups is 1. The molecule has 1 aromatic rings. The van der Waals surface area contributed by atoms with Gasteiger partial charge < -0.3 is 5.11 Å². The van der Waals surface area contributed by atoms with Gasteiger partial charge in [-0.1, -0.05) is 13.0 Å². The molecule has 7 heteroatoms. The van der Waals surface area contributed by atoms with Crippen molar-refractivity contribution in [3.8, 4) is 0 Å². The number of benzene rings is 1. The normalized spacial score (nSPS) is 13.4. The highest BCUT2D eigenvalue weighted by Crippen LogP contribution is 2.27. The summed E-state index contributed by atoms with van der Waals surface area (Å²) < 4.78 is 27.8. The Balaban J connectivity index is 2.95. The number of hydrogen-bond acceptors (Lipinski definition) is 4. The highest BCUT2D eigenvalue weighted by atomic mass is 79.9. The van der Waals surface area contributed by atoms with E-state index in [4.69, 9.17) is 0 Å². The van der Waals surface area contributed by atoms with Crippen molar-refractivity contribution in [3.05, 3.63) is 27.7 Å². The molecule has 0 amide bonds. The minimum absolute atomic E-state index is 0.179. The smallest absolute Gasteiger partial charge is 0.241 e. The summed E-state index contributed by atoms with van der Waals surface area (Å²) in [6, 6.07) is 3.26. The molecule has 0 aromatic heterocycles. The third-order valence-corrected chi connectivity index (χ3v) is 6.84. The van der Waals surface area contributed by atoms with Crippen molar-refractivity contribution >= 4 is 37.7 Å². The minimum Gasteiger partial charge on any atom is -0.392 e. The van der Waals surface area contributed by atoms with Crippen LogP contribution in [0.3, 0.4) is 0 Å². The van der Waals surface area contributed by atoms with Gasteiger partial charge in [0.2, 0.25) is 10.0 Å². The van der Waals surface area contributed by atoms with Gasteiger partial charge in [0, 0.05) is 16.3 Å². The van der Waals surface area contributed by atoms with E-state index in [0.29, 0.717) is 21.8 Å². The third-order valence-electron chi connectivity index (χ3n) is 3.00. The Morgan fingerprint density at radius 3 is 2.65 bits per heavy atom. The fraction of sp³-hybridized carbons (Fsp3) is 0.538. The molecule has 4 nitrogen and oxygen atoms in total. The van der Waals surface area contributed by atoms with E-state index in [1.807, 2.05) is 6.26 Å². The first-order valence-corrected chi connectivity index (χ1v) is 9.80. The van der Waals surface area contributed by atoms with Crippen molar-refractivity contribution < 1.29 is 13.5 Å². The van der Waals surface area contributed by atoms with E-state index in [0.717, 1.165) is 12.0 Å². The van der Waals surface area contributed by atoms with Gasteiger partial charge >= 0.3 is 0 Å². The van der Waals surface area contributed by atoms with E-state index >= 15 is 0 Å². The van der Waals surface area contributed by atoms with Gasteiger partial charge in [0.25, 0.3) is 0 Å². The Morgan fingerprint density at radius 2 is 2.10 bits per heavy atom. The molecule has 0 aliphatic carbocycles.